The minimum atomic E-state index is 0.144. The third-order valence-electron chi connectivity index (χ3n) is 0.772. The van der Waals surface area contributed by atoms with Gasteiger partial charge in [0.15, 0.2) is 0 Å². The molecule has 39 valence electrons. The van der Waals surface area contributed by atoms with Gasteiger partial charge in [0.1, 0.15) is 12.3 Å². The van der Waals surface area contributed by atoms with Crippen molar-refractivity contribution >= 4 is 18.2 Å². The molecule has 7 heavy (non-hydrogen) atoms. The minimum absolute atomic E-state index is 0.144. The highest BCUT2D eigenvalue weighted by Gasteiger charge is 2.08. The fraction of sp³-hybridized carbons (Fsp3) is 0.750. The summed E-state index contributed by atoms with van der Waals surface area (Å²) in [5.74, 6) is 0.927. The molecule has 1 aliphatic rings. The molecule has 2 nitrogen and oxygen atoms in total. The van der Waals surface area contributed by atoms with Crippen LogP contribution < -0.4 is 0 Å². The van der Waals surface area contributed by atoms with Crippen LogP contribution in [-0.4, -0.2) is 25.2 Å². The van der Waals surface area contributed by atoms with Gasteiger partial charge >= 0.3 is 0 Å². The van der Waals surface area contributed by atoms with Gasteiger partial charge < -0.3 is 4.74 Å². The molecule has 0 bridgehead atoms. The van der Waals surface area contributed by atoms with Crippen LogP contribution in [0.1, 0.15) is 0 Å². The summed E-state index contributed by atoms with van der Waals surface area (Å²) in [5.41, 5.74) is 0. The summed E-state index contributed by atoms with van der Waals surface area (Å²) < 4.78 is 8.66. The number of ether oxygens (including phenoxy) is 1. The van der Waals surface area contributed by atoms with Crippen molar-refractivity contribution in [2.45, 2.75) is 6.10 Å². The van der Waals surface area contributed by atoms with Crippen LogP contribution in [0.25, 0.3) is 0 Å². The Kier molecular flexibility index (Phi) is 1.70. The van der Waals surface area contributed by atoms with Crippen molar-refractivity contribution in [3.63, 3.8) is 0 Å². The molecule has 0 saturated heterocycles. The second kappa shape index (κ2) is 2.33. The molecular weight excluding hydrogens is 110 g/mol. The van der Waals surface area contributed by atoms with Gasteiger partial charge in [-0.3, -0.25) is 0 Å². The molecule has 1 aliphatic heterocycles. The van der Waals surface area contributed by atoms with Crippen LogP contribution in [-0.2, 0) is 4.74 Å². The second-order valence-corrected chi connectivity index (χ2v) is 2.01. The van der Waals surface area contributed by atoms with E-state index in [-0.39, 0.29) is 6.10 Å². The average molecular weight is 116 g/mol. The first kappa shape index (κ1) is 5.12. The van der Waals surface area contributed by atoms with E-state index in [1.54, 1.807) is 7.11 Å². The van der Waals surface area contributed by atoms with Gasteiger partial charge in [0.05, 0.1) is 0 Å². The summed E-state index contributed by atoms with van der Waals surface area (Å²) in [6, 6.07) is 0. The van der Waals surface area contributed by atoms with E-state index in [1.807, 2.05) is 0 Å². The quantitative estimate of drug-likeness (QED) is 0.468. The molecule has 0 amide bonds. The molecule has 0 aromatic heterocycles. The lowest BCUT2D eigenvalue weighted by molar-refractivity contribution is 0.179. The van der Waals surface area contributed by atoms with E-state index in [1.165, 1.54) is 11.9 Å². The molecule has 0 aromatic carbocycles. The van der Waals surface area contributed by atoms with Crippen LogP contribution in [0, 0.1) is 0 Å². The molecule has 0 aromatic rings. The first-order chi connectivity index (χ1) is 3.43. The van der Waals surface area contributed by atoms with Gasteiger partial charge in [-0.1, -0.05) is 0 Å². The van der Waals surface area contributed by atoms with E-state index in [2.05, 4.69) is 10.6 Å². The highest BCUT2D eigenvalue weighted by Crippen LogP contribution is 2.11. The van der Waals surface area contributed by atoms with E-state index in [0.29, 0.717) is 0 Å². The lowest BCUT2D eigenvalue weighted by Crippen LogP contribution is -2.09. The van der Waals surface area contributed by atoms with Gasteiger partial charge in [-0.2, -0.15) is 0 Å². The SMILES string of the molecule is COC1[C]=NSC1. The highest BCUT2D eigenvalue weighted by atomic mass is 32.2. The Morgan fingerprint density at radius 3 is 3.14 bits per heavy atom. The second-order valence-electron chi connectivity index (χ2n) is 1.24. The zero-order chi connectivity index (χ0) is 5.11. The van der Waals surface area contributed by atoms with Crippen molar-refractivity contribution in [1.82, 2.24) is 0 Å². The fourth-order valence-electron chi connectivity index (χ4n) is 0.359. The Morgan fingerprint density at radius 1 is 2.00 bits per heavy atom. The van der Waals surface area contributed by atoms with Crippen molar-refractivity contribution in [3.05, 3.63) is 0 Å². The Balaban J connectivity index is 2.28. The maximum Gasteiger partial charge on any atom is 0.112 e. The Morgan fingerprint density at radius 2 is 2.86 bits per heavy atom. The van der Waals surface area contributed by atoms with Crippen LogP contribution in [0.15, 0.2) is 4.40 Å². The van der Waals surface area contributed by atoms with E-state index in [9.17, 15) is 0 Å². The molecule has 1 atom stereocenters. The molecule has 0 spiro atoms. The number of methoxy groups -OCH3 is 1. The van der Waals surface area contributed by atoms with E-state index < -0.39 is 0 Å². The Hall–Kier alpha value is -0.0200. The van der Waals surface area contributed by atoms with Crippen molar-refractivity contribution < 1.29 is 4.74 Å². The summed E-state index contributed by atoms with van der Waals surface area (Å²) >= 11 is 1.50. The molecule has 1 rings (SSSR count). The van der Waals surface area contributed by atoms with E-state index in [4.69, 9.17) is 4.74 Å². The van der Waals surface area contributed by atoms with Gasteiger partial charge in [-0.25, -0.2) is 4.40 Å². The lowest BCUT2D eigenvalue weighted by Gasteiger charge is -1.96. The van der Waals surface area contributed by atoms with Crippen molar-refractivity contribution in [2.24, 2.45) is 4.40 Å². The highest BCUT2D eigenvalue weighted by molar-refractivity contribution is 7.98. The molecule has 0 aliphatic carbocycles. The zero-order valence-corrected chi connectivity index (χ0v) is 4.86. The topological polar surface area (TPSA) is 21.6 Å². The van der Waals surface area contributed by atoms with Crippen molar-refractivity contribution in [2.75, 3.05) is 12.9 Å². The first-order valence-corrected chi connectivity index (χ1v) is 2.98. The number of hydrogen-bond acceptors (Lipinski definition) is 3. The Labute approximate surface area is 47.1 Å². The molecule has 3 heteroatoms. The third kappa shape index (κ3) is 1.17. The molecule has 0 fully saturated rings. The standard InChI is InChI=1S/C4H6NOS/c1-6-4-2-5-7-3-4/h4H,3H2,1H3. The van der Waals surface area contributed by atoms with E-state index in [0.717, 1.165) is 5.75 Å². The molecule has 1 heterocycles. The van der Waals surface area contributed by atoms with Crippen LogP contribution in [0.2, 0.25) is 0 Å². The maximum absolute atomic E-state index is 4.89. The van der Waals surface area contributed by atoms with Crippen LogP contribution in [0.5, 0.6) is 0 Å². The number of nitrogens with zero attached hydrogens (tertiary/aromatic N) is 1. The molecular formula is C4H6NOS. The summed E-state index contributed by atoms with van der Waals surface area (Å²) in [4.78, 5) is 0. The summed E-state index contributed by atoms with van der Waals surface area (Å²) in [7, 11) is 1.67. The maximum atomic E-state index is 4.89. The molecule has 0 N–H and O–H groups in total. The normalized spacial score (nSPS) is 29.0. The monoisotopic (exact) mass is 116 g/mol. The van der Waals surface area contributed by atoms with Gasteiger partial charge in [0.25, 0.3) is 0 Å². The zero-order valence-electron chi connectivity index (χ0n) is 4.05. The van der Waals surface area contributed by atoms with Crippen LogP contribution >= 0.6 is 11.9 Å². The van der Waals surface area contributed by atoms with Crippen molar-refractivity contribution in [1.29, 1.82) is 0 Å². The molecule has 0 saturated carbocycles. The van der Waals surface area contributed by atoms with Crippen LogP contribution in [0.3, 0.4) is 0 Å². The minimum Gasteiger partial charge on any atom is -0.374 e. The summed E-state index contributed by atoms with van der Waals surface area (Å²) in [6.45, 7) is 0. The van der Waals surface area contributed by atoms with Crippen LogP contribution in [0.4, 0.5) is 0 Å². The largest absolute Gasteiger partial charge is 0.374 e. The average Bonchev–Trinajstić information content (AvgIpc) is 2.14. The Bertz CT molecular complexity index is 83.8. The summed E-state index contributed by atoms with van der Waals surface area (Å²) in [6.07, 6.45) is 2.92. The molecule has 1 unspecified atom stereocenters. The first-order valence-electron chi connectivity index (χ1n) is 2.04. The van der Waals surface area contributed by atoms with Gasteiger partial charge in [0, 0.05) is 12.9 Å². The smallest absolute Gasteiger partial charge is 0.112 e. The fourth-order valence-corrected chi connectivity index (χ4v) is 0.972. The lowest BCUT2D eigenvalue weighted by atomic mass is 10.5. The predicted molar refractivity (Wildman–Crippen MR) is 30.7 cm³/mol. The van der Waals surface area contributed by atoms with E-state index >= 15 is 0 Å². The van der Waals surface area contributed by atoms with Gasteiger partial charge in [-0.15, -0.1) is 0 Å². The molecule has 1 radical (unpaired) electrons. The number of hydrogen-bond donors (Lipinski definition) is 0. The summed E-state index contributed by atoms with van der Waals surface area (Å²) in [5, 5.41) is 0. The van der Waals surface area contributed by atoms with Gasteiger partial charge in [0.2, 0.25) is 0 Å². The predicted octanol–water partition coefficient (Wildman–Crippen LogP) is 0.611. The van der Waals surface area contributed by atoms with Gasteiger partial charge in [-0.05, 0) is 11.9 Å². The van der Waals surface area contributed by atoms with Crippen molar-refractivity contribution in [3.8, 4) is 0 Å². The third-order valence-corrected chi connectivity index (χ3v) is 1.46. The number of rotatable bonds is 1.